The molecule has 9 heteroatoms. The first kappa shape index (κ1) is 14.9. The van der Waals surface area contributed by atoms with Gasteiger partial charge in [0.25, 0.3) is 5.82 Å². The van der Waals surface area contributed by atoms with E-state index in [0.29, 0.717) is 0 Å². The van der Waals surface area contributed by atoms with Gasteiger partial charge in [-0.3, -0.25) is 0 Å². The number of imidazole rings is 1. The first-order valence-corrected chi connectivity index (χ1v) is 4.37. The number of H-pyrrole nitrogens is 1. The molecular weight excluding hydrogens is 237 g/mol. The monoisotopic (exact) mass is 248 g/mol. The Labute approximate surface area is 88.3 Å². The molecule has 0 atom stereocenters. The molecule has 1 rings (SSSR count). The second-order valence-corrected chi connectivity index (χ2v) is 2.99. The molecule has 16 heavy (non-hydrogen) atoms. The van der Waals surface area contributed by atoms with Gasteiger partial charge in [-0.2, -0.15) is 0 Å². The summed E-state index contributed by atoms with van der Waals surface area (Å²) in [5, 5.41) is 0. The van der Waals surface area contributed by atoms with Crippen LogP contribution in [0.1, 0.15) is 12.7 Å². The Morgan fingerprint density at radius 1 is 1.31 bits per heavy atom. The predicted molar refractivity (Wildman–Crippen MR) is 46.5 cm³/mol. The molecule has 0 amide bonds. The van der Waals surface area contributed by atoms with Crippen LogP contribution in [0.3, 0.4) is 0 Å². The van der Waals surface area contributed by atoms with Crippen LogP contribution in [0, 0.1) is 0 Å². The molecule has 0 bridgehead atoms. The molecule has 0 fully saturated rings. The molecule has 0 spiro atoms. The van der Waals surface area contributed by atoms with E-state index < -0.39 is 13.1 Å². The fraction of sp³-hybridized carbons (Fsp3) is 0.571. The molecule has 94 valence electrons. The number of nitrogens with zero attached hydrogens (tertiary/aromatic N) is 1. The van der Waals surface area contributed by atoms with E-state index in [4.69, 9.17) is 0 Å². The first-order chi connectivity index (χ1) is 7.09. The quantitative estimate of drug-likeness (QED) is 0.447. The third-order valence-corrected chi connectivity index (χ3v) is 1.68. The average molecular weight is 248 g/mol. The van der Waals surface area contributed by atoms with Crippen LogP contribution in [-0.2, 0) is 13.5 Å². The Kier molecular flexibility index (Phi) is 4.89. The minimum atomic E-state index is -6.65. The van der Waals surface area contributed by atoms with Crippen molar-refractivity contribution in [1.82, 2.24) is 4.98 Å². The molecule has 0 aliphatic carbocycles. The number of hydrogen-bond donors (Lipinski definition) is 1. The van der Waals surface area contributed by atoms with Crippen molar-refractivity contribution >= 4 is 6.98 Å². The van der Waals surface area contributed by atoms with Crippen molar-refractivity contribution in [2.24, 2.45) is 7.05 Å². The number of aromatic amines is 1. The van der Waals surface area contributed by atoms with E-state index in [0.717, 1.165) is 6.42 Å². The summed E-state index contributed by atoms with van der Waals surface area (Å²) < 4.78 is 65.0. The Morgan fingerprint density at radius 3 is 1.88 bits per heavy atom. The third-order valence-electron chi connectivity index (χ3n) is 1.68. The lowest BCUT2D eigenvalue weighted by molar-refractivity contribution is -0.677. The van der Waals surface area contributed by atoms with Gasteiger partial charge in [-0.25, -0.2) is 22.7 Å². The summed E-state index contributed by atoms with van der Waals surface area (Å²) in [5.41, 5.74) is 0. The van der Waals surface area contributed by atoms with E-state index in [1.807, 2.05) is 19.4 Å². The number of aryl methyl sites for hydroxylation is 2. The lowest BCUT2D eigenvalue weighted by Crippen LogP contribution is -2.37. The topological polar surface area (TPSA) is 19.7 Å². The van der Waals surface area contributed by atoms with Crippen molar-refractivity contribution in [3.8, 4) is 0 Å². The van der Waals surface area contributed by atoms with Crippen LogP contribution in [0.5, 0.6) is 0 Å². The van der Waals surface area contributed by atoms with Crippen LogP contribution in [0.4, 0.5) is 26.1 Å². The van der Waals surface area contributed by atoms with Crippen LogP contribution < -0.4 is 4.57 Å². The number of rotatable bonds is 1. The second-order valence-electron chi connectivity index (χ2n) is 2.99. The normalized spacial score (nSPS) is 12.0. The van der Waals surface area contributed by atoms with Crippen LogP contribution in [0.15, 0.2) is 12.4 Å². The van der Waals surface area contributed by atoms with Crippen LogP contribution in [-0.4, -0.2) is 18.0 Å². The Bertz CT molecular complexity index is 303. The van der Waals surface area contributed by atoms with Crippen molar-refractivity contribution in [2.75, 3.05) is 0 Å². The van der Waals surface area contributed by atoms with E-state index >= 15 is 0 Å². The average Bonchev–Trinajstić information content (AvgIpc) is 2.48. The predicted octanol–water partition coefficient (Wildman–Crippen LogP) is 2.34. The molecule has 0 aromatic carbocycles. The zero-order chi connectivity index (χ0) is 13.0. The molecule has 2 nitrogen and oxygen atoms in total. The molecule has 0 radical (unpaired) electrons. The van der Waals surface area contributed by atoms with Gasteiger partial charge >= 0.3 is 13.1 Å². The van der Waals surface area contributed by atoms with Crippen LogP contribution in [0.2, 0.25) is 0 Å². The van der Waals surface area contributed by atoms with Gasteiger partial charge in [-0.1, -0.05) is 6.92 Å². The summed E-state index contributed by atoms with van der Waals surface area (Å²) in [6, 6.07) is 0. The molecule has 0 saturated heterocycles. The van der Waals surface area contributed by atoms with Gasteiger partial charge in [-0.05, 0) is 0 Å². The minimum absolute atomic E-state index is 1.07. The van der Waals surface area contributed by atoms with Crippen molar-refractivity contribution in [3.05, 3.63) is 18.2 Å². The van der Waals surface area contributed by atoms with E-state index in [1.54, 1.807) is 0 Å². The second kappa shape index (κ2) is 5.26. The standard InChI is InChI=1S/C6H10N2.CBF6/c1-3-6-7-4-5-8(6)2;3-1(4,5)2(6,7)8/h4-5H,3H2,1-2H3;/q;-1/p+1. The fourth-order valence-electron chi connectivity index (χ4n) is 0.789. The molecule has 0 unspecified atom stereocenters. The summed E-state index contributed by atoms with van der Waals surface area (Å²) in [6.07, 6.45) is -0.971. The Balaban J connectivity index is 0.000000281. The van der Waals surface area contributed by atoms with Gasteiger partial charge in [0.05, 0.1) is 7.05 Å². The summed E-state index contributed by atoms with van der Waals surface area (Å²) in [7, 11) is 2.04. The van der Waals surface area contributed by atoms with E-state index in [-0.39, 0.29) is 0 Å². The maximum Gasteiger partial charge on any atom is 0.583 e. The number of nitrogens with one attached hydrogen (secondary N) is 1. The van der Waals surface area contributed by atoms with Gasteiger partial charge < -0.3 is 12.9 Å². The number of hydrogen-bond acceptors (Lipinski definition) is 0. The number of halogens is 6. The highest BCUT2D eigenvalue weighted by Crippen LogP contribution is 2.31. The minimum Gasteiger partial charge on any atom is -0.443 e. The largest absolute Gasteiger partial charge is 0.583 e. The molecule has 1 heterocycles. The summed E-state index contributed by atoms with van der Waals surface area (Å²) >= 11 is 0. The number of alkyl halides is 3. The zero-order valence-corrected chi connectivity index (χ0v) is 8.65. The Hall–Kier alpha value is -1.15. The lowest BCUT2D eigenvalue weighted by atomic mass is 9.92. The molecule has 1 N–H and O–H groups in total. The molecule has 0 aliphatic heterocycles. The van der Waals surface area contributed by atoms with Gasteiger partial charge in [0.1, 0.15) is 12.4 Å². The molecule has 1 aromatic rings. The molecule has 0 saturated carbocycles. The highest BCUT2D eigenvalue weighted by atomic mass is 19.4. The van der Waals surface area contributed by atoms with E-state index in [2.05, 4.69) is 16.5 Å². The molecule has 0 aliphatic rings. The van der Waals surface area contributed by atoms with E-state index in [9.17, 15) is 26.1 Å². The maximum atomic E-state index is 10.5. The highest BCUT2D eigenvalue weighted by Gasteiger charge is 2.53. The van der Waals surface area contributed by atoms with Crippen LogP contribution >= 0.6 is 0 Å². The summed E-state index contributed by atoms with van der Waals surface area (Å²) in [5.74, 6) is 1.27. The maximum absolute atomic E-state index is 10.5. The van der Waals surface area contributed by atoms with Gasteiger partial charge in [0, 0.05) is 6.42 Å². The van der Waals surface area contributed by atoms with Crippen molar-refractivity contribution in [3.63, 3.8) is 0 Å². The Morgan fingerprint density at radius 2 is 1.75 bits per heavy atom. The first-order valence-electron chi connectivity index (χ1n) is 4.37. The molecule has 1 aromatic heterocycles. The number of aromatic nitrogens is 2. The van der Waals surface area contributed by atoms with Crippen molar-refractivity contribution < 1.29 is 30.7 Å². The van der Waals surface area contributed by atoms with E-state index in [1.165, 1.54) is 5.82 Å². The van der Waals surface area contributed by atoms with Crippen molar-refractivity contribution in [2.45, 2.75) is 19.4 Å². The highest BCUT2D eigenvalue weighted by molar-refractivity contribution is 6.60. The summed E-state index contributed by atoms with van der Waals surface area (Å²) in [6.45, 7) is -4.52. The van der Waals surface area contributed by atoms with Gasteiger partial charge in [0.15, 0.2) is 0 Å². The van der Waals surface area contributed by atoms with Gasteiger partial charge in [0.2, 0.25) is 0 Å². The zero-order valence-electron chi connectivity index (χ0n) is 8.65. The SMILES string of the molecule is CCc1[nH]cc[n+]1C.F[B-](F)(F)C(F)(F)F. The molecular formula is C7H11BF6N2. The van der Waals surface area contributed by atoms with Crippen LogP contribution in [0.25, 0.3) is 0 Å². The third kappa shape index (κ3) is 4.58. The smallest absolute Gasteiger partial charge is 0.443 e. The summed E-state index contributed by atoms with van der Waals surface area (Å²) in [4.78, 5) is 3.12. The van der Waals surface area contributed by atoms with Gasteiger partial charge in [-0.15, -0.1) is 0 Å². The lowest BCUT2D eigenvalue weighted by Gasteiger charge is -2.16. The van der Waals surface area contributed by atoms with Crippen molar-refractivity contribution in [1.29, 1.82) is 0 Å². The fourth-order valence-corrected chi connectivity index (χ4v) is 0.789.